The summed E-state index contributed by atoms with van der Waals surface area (Å²) in [5.74, 6) is 0.538. The first kappa shape index (κ1) is 29.8. The Bertz CT molecular complexity index is 1750. The maximum absolute atomic E-state index is 13.5. The highest BCUT2D eigenvalue weighted by atomic mass is 35.5. The normalized spacial score (nSPS) is 24.1. The molecule has 4 aliphatic rings. The molecule has 10 nitrogen and oxygen atoms in total. The number of carbonyl (C=O) groups is 2. The van der Waals surface area contributed by atoms with E-state index >= 15 is 0 Å². The molecule has 1 aromatic heterocycles. The first-order valence-corrected chi connectivity index (χ1v) is 16.4. The van der Waals surface area contributed by atoms with Crippen LogP contribution in [0.5, 0.6) is 0 Å². The first-order chi connectivity index (χ1) is 20.4. The van der Waals surface area contributed by atoms with Crippen molar-refractivity contribution >= 4 is 50.8 Å². The number of ether oxygens (including phenoxy) is 1. The van der Waals surface area contributed by atoms with Crippen LogP contribution in [0.3, 0.4) is 0 Å². The van der Waals surface area contributed by atoms with Crippen LogP contribution in [0.1, 0.15) is 54.6 Å². The molecular weight excluding hydrogens is 615 g/mol. The number of anilines is 1. The highest BCUT2D eigenvalue weighted by Crippen LogP contribution is 2.55. The Kier molecular flexibility index (Phi) is 7.63. The van der Waals surface area contributed by atoms with Crippen molar-refractivity contribution in [2.45, 2.75) is 55.9 Å². The summed E-state index contributed by atoms with van der Waals surface area (Å²) in [6.07, 6.45) is 6.54. The van der Waals surface area contributed by atoms with Gasteiger partial charge >= 0.3 is 5.97 Å². The molecule has 2 aromatic carbocycles. The van der Waals surface area contributed by atoms with Crippen LogP contribution in [-0.2, 0) is 26.6 Å². The molecule has 1 amide bonds. The number of nitrogens with zero attached hydrogens (tertiary/aromatic N) is 2. The van der Waals surface area contributed by atoms with Gasteiger partial charge in [0.1, 0.15) is 10.6 Å². The van der Waals surface area contributed by atoms with Gasteiger partial charge < -0.3 is 10.1 Å². The molecule has 0 spiro atoms. The standard InChI is InChI=1S/C30H32Cl2N4O6S/c1-17-27(28(38)36(35(17)2)21-6-4-3-5-7-21)34-43(40,41)25-11-22(23(31)12-24(25)32)29(39)42-16-26(37)33-30-13-18-8-19(14-30)10-20(9-18)15-30/h3-7,11-12,18-20,34H,8-10,13-16H2,1-2H3,(H,33,37). The fraction of sp³-hybridized carbons (Fsp3) is 0.433. The van der Waals surface area contributed by atoms with Gasteiger partial charge in [0.25, 0.3) is 21.5 Å². The third-order valence-electron chi connectivity index (χ3n) is 9.10. The number of rotatable bonds is 8. The minimum Gasteiger partial charge on any atom is -0.452 e. The number of amides is 1. The highest BCUT2D eigenvalue weighted by Gasteiger charge is 2.51. The Balaban J connectivity index is 1.19. The van der Waals surface area contributed by atoms with Crippen molar-refractivity contribution in [3.63, 3.8) is 0 Å². The number of carbonyl (C=O) groups excluding carboxylic acids is 2. The van der Waals surface area contributed by atoms with E-state index in [4.69, 9.17) is 27.9 Å². The predicted molar refractivity (Wildman–Crippen MR) is 162 cm³/mol. The van der Waals surface area contributed by atoms with Gasteiger partial charge in [0.2, 0.25) is 0 Å². The quantitative estimate of drug-likeness (QED) is 0.337. The van der Waals surface area contributed by atoms with E-state index in [1.165, 1.54) is 28.6 Å². The molecule has 0 radical (unpaired) electrons. The smallest absolute Gasteiger partial charge is 0.340 e. The summed E-state index contributed by atoms with van der Waals surface area (Å²) < 4.78 is 37.4. The number of hydrogen-bond acceptors (Lipinski definition) is 6. The van der Waals surface area contributed by atoms with Crippen molar-refractivity contribution < 1.29 is 22.7 Å². The molecule has 4 aliphatic carbocycles. The Hall–Kier alpha value is -3.28. The molecule has 0 aliphatic heterocycles. The topological polar surface area (TPSA) is 128 Å². The lowest BCUT2D eigenvalue weighted by atomic mass is 9.53. The summed E-state index contributed by atoms with van der Waals surface area (Å²) in [4.78, 5) is 38.6. The SMILES string of the molecule is Cc1c(NS(=O)(=O)c2cc(C(=O)OCC(=O)NC34CC5CC(CC(C5)C3)C4)c(Cl)cc2Cl)c(=O)n(-c2ccccc2)n1C. The van der Waals surface area contributed by atoms with E-state index in [0.717, 1.165) is 31.4 Å². The van der Waals surface area contributed by atoms with Crippen molar-refractivity contribution in [1.29, 1.82) is 0 Å². The van der Waals surface area contributed by atoms with Crippen LogP contribution in [0.4, 0.5) is 5.69 Å². The second-order valence-electron chi connectivity index (χ2n) is 12.1. The van der Waals surface area contributed by atoms with Crippen molar-refractivity contribution in [2.75, 3.05) is 11.3 Å². The molecule has 4 saturated carbocycles. The molecule has 0 unspecified atom stereocenters. The first-order valence-electron chi connectivity index (χ1n) is 14.2. The largest absolute Gasteiger partial charge is 0.452 e. The van der Waals surface area contributed by atoms with E-state index in [9.17, 15) is 22.8 Å². The number of benzene rings is 2. The summed E-state index contributed by atoms with van der Waals surface area (Å²) in [7, 11) is -2.83. The monoisotopic (exact) mass is 646 g/mol. The third-order valence-corrected chi connectivity index (χ3v) is 11.2. The summed E-state index contributed by atoms with van der Waals surface area (Å²) in [5.41, 5.74) is -0.386. The van der Waals surface area contributed by atoms with Crippen molar-refractivity contribution in [3.05, 3.63) is 74.1 Å². The molecule has 1 heterocycles. The minimum absolute atomic E-state index is 0.141. The zero-order valence-electron chi connectivity index (χ0n) is 23.7. The van der Waals surface area contributed by atoms with E-state index in [-0.39, 0.29) is 26.8 Å². The Labute approximate surface area is 259 Å². The molecule has 43 heavy (non-hydrogen) atoms. The van der Waals surface area contributed by atoms with Crippen LogP contribution in [0, 0.1) is 24.7 Å². The predicted octanol–water partition coefficient (Wildman–Crippen LogP) is 4.83. The minimum atomic E-state index is -4.46. The number of aromatic nitrogens is 2. The fourth-order valence-corrected chi connectivity index (χ4v) is 9.54. The van der Waals surface area contributed by atoms with Crippen molar-refractivity contribution in [2.24, 2.45) is 24.8 Å². The summed E-state index contributed by atoms with van der Waals surface area (Å²) in [5, 5.41) is 2.74. The molecule has 13 heteroatoms. The van der Waals surface area contributed by atoms with Crippen LogP contribution in [0.15, 0.2) is 52.2 Å². The molecule has 7 rings (SSSR count). The highest BCUT2D eigenvalue weighted by molar-refractivity contribution is 7.92. The third kappa shape index (κ3) is 5.58. The van der Waals surface area contributed by atoms with Crippen LogP contribution in [0.25, 0.3) is 5.69 Å². The van der Waals surface area contributed by atoms with Gasteiger partial charge in [-0.2, -0.15) is 0 Å². The average Bonchev–Trinajstić information content (AvgIpc) is 3.13. The Morgan fingerprint density at radius 2 is 1.60 bits per heavy atom. The van der Waals surface area contributed by atoms with Gasteiger partial charge in [-0.3, -0.25) is 19.0 Å². The van der Waals surface area contributed by atoms with Crippen LogP contribution in [-0.4, -0.2) is 41.8 Å². The van der Waals surface area contributed by atoms with Crippen LogP contribution < -0.4 is 15.6 Å². The summed E-state index contributed by atoms with van der Waals surface area (Å²) in [6.45, 7) is 1.07. The van der Waals surface area contributed by atoms with E-state index in [2.05, 4.69) is 10.0 Å². The van der Waals surface area contributed by atoms with Gasteiger partial charge in [-0.05, 0) is 87.5 Å². The second kappa shape index (κ2) is 11.0. The van der Waals surface area contributed by atoms with Gasteiger partial charge in [-0.25, -0.2) is 17.9 Å². The van der Waals surface area contributed by atoms with Gasteiger partial charge in [0.15, 0.2) is 6.61 Å². The lowest BCUT2D eigenvalue weighted by molar-refractivity contribution is -0.130. The molecule has 0 saturated heterocycles. The maximum Gasteiger partial charge on any atom is 0.340 e. The Morgan fingerprint density at radius 3 is 2.21 bits per heavy atom. The van der Waals surface area contributed by atoms with E-state index < -0.39 is 39.0 Å². The summed E-state index contributed by atoms with van der Waals surface area (Å²) >= 11 is 12.5. The number of halogens is 2. The van der Waals surface area contributed by atoms with Crippen LogP contribution in [0.2, 0.25) is 10.0 Å². The maximum atomic E-state index is 13.5. The lowest BCUT2D eigenvalue weighted by Crippen LogP contribution is -2.60. The fourth-order valence-electron chi connectivity index (χ4n) is 7.57. The van der Waals surface area contributed by atoms with E-state index in [1.54, 1.807) is 44.3 Å². The number of para-hydroxylation sites is 1. The van der Waals surface area contributed by atoms with E-state index in [1.807, 2.05) is 0 Å². The molecule has 4 bridgehead atoms. The van der Waals surface area contributed by atoms with Crippen molar-refractivity contribution in [3.8, 4) is 5.69 Å². The van der Waals surface area contributed by atoms with Gasteiger partial charge in [0.05, 0.1) is 27.0 Å². The van der Waals surface area contributed by atoms with Crippen molar-refractivity contribution in [1.82, 2.24) is 14.7 Å². The Morgan fingerprint density at radius 1 is 1.00 bits per heavy atom. The molecule has 228 valence electrons. The molecular formula is C30H32Cl2N4O6S. The van der Waals surface area contributed by atoms with E-state index in [0.29, 0.717) is 29.1 Å². The van der Waals surface area contributed by atoms with Gasteiger partial charge in [0, 0.05) is 12.6 Å². The average molecular weight is 648 g/mol. The van der Waals surface area contributed by atoms with Gasteiger partial charge in [-0.1, -0.05) is 41.4 Å². The molecule has 3 aromatic rings. The number of nitrogens with one attached hydrogen (secondary N) is 2. The zero-order chi connectivity index (χ0) is 30.7. The van der Waals surface area contributed by atoms with Crippen LogP contribution >= 0.6 is 23.2 Å². The number of hydrogen-bond donors (Lipinski definition) is 2. The molecule has 4 fully saturated rings. The zero-order valence-corrected chi connectivity index (χ0v) is 26.1. The lowest BCUT2D eigenvalue weighted by Gasteiger charge is -2.56. The molecule has 0 atom stereocenters. The molecule has 2 N–H and O–H groups in total. The summed E-state index contributed by atoms with van der Waals surface area (Å²) in [6, 6.07) is 10.9. The second-order valence-corrected chi connectivity index (χ2v) is 14.6. The van der Waals surface area contributed by atoms with Gasteiger partial charge in [-0.15, -0.1) is 0 Å². The number of sulfonamides is 1. The number of esters is 1.